The number of hydrogen-bond acceptors (Lipinski definition) is 4. The highest BCUT2D eigenvalue weighted by molar-refractivity contribution is 5.92. The summed E-state index contributed by atoms with van der Waals surface area (Å²) in [6.45, 7) is 4.73. The molecule has 2 heterocycles. The molecular formula is C22H30ClN5O. The minimum absolute atomic E-state index is 0. The summed E-state index contributed by atoms with van der Waals surface area (Å²) in [6, 6.07) is 8.28. The third kappa shape index (κ3) is 4.23. The third-order valence-corrected chi connectivity index (χ3v) is 6.18. The molecule has 29 heavy (non-hydrogen) atoms. The second-order valence-electron chi connectivity index (χ2n) is 7.97. The Bertz CT molecular complexity index is 1020. The molecule has 2 aromatic heterocycles. The van der Waals surface area contributed by atoms with E-state index in [2.05, 4.69) is 18.3 Å². The lowest BCUT2D eigenvalue weighted by Crippen LogP contribution is -2.44. The van der Waals surface area contributed by atoms with Crippen LogP contribution in [0.1, 0.15) is 49.1 Å². The first-order valence-corrected chi connectivity index (χ1v) is 10.3. The van der Waals surface area contributed by atoms with Gasteiger partial charge in [-0.2, -0.15) is 5.10 Å². The fourth-order valence-corrected chi connectivity index (χ4v) is 4.54. The third-order valence-electron chi connectivity index (χ3n) is 6.18. The SMILES string of the molecule is Cc1nc2c3ccccc3nn2c(C)c1CCC(=O)NC1CCCCC1CN.Cl. The summed E-state index contributed by atoms with van der Waals surface area (Å²) in [6.07, 6.45) is 5.68. The number of nitrogens with two attached hydrogens (primary N) is 1. The monoisotopic (exact) mass is 415 g/mol. The summed E-state index contributed by atoms with van der Waals surface area (Å²) in [4.78, 5) is 17.4. The summed E-state index contributed by atoms with van der Waals surface area (Å²) in [5.74, 6) is 0.519. The fraction of sp³-hybridized carbons (Fsp3) is 0.500. The van der Waals surface area contributed by atoms with Crippen molar-refractivity contribution in [1.82, 2.24) is 19.9 Å². The van der Waals surface area contributed by atoms with Gasteiger partial charge in [-0.25, -0.2) is 9.50 Å². The molecule has 6 nitrogen and oxygen atoms in total. The molecule has 1 aromatic carbocycles. The lowest BCUT2D eigenvalue weighted by atomic mass is 9.84. The number of fused-ring (bicyclic) bond motifs is 3. The van der Waals surface area contributed by atoms with Crippen LogP contribution < -0.4 is 11.1 Å². The lowest BCUT2D eigenvalue weighted by molar-refractivity contribution is -0.122. The van der Waals surface area contributed by atoms with Gasteiger partial charge in [-0.3, -0.25) is 4.79 Å². The minimum atomic E-state index is 0. The van der Waals surface area contributed by atoms with Crippen LogP contribution >= 0.6 is 12.4 Å². The van der Waals surface area contributed by atoms with E-state index in [1.54, 1.807) is 0 Å². The highest BCUT2D eigenvalue weighted by atomic mass is 35.5. The molecule has 1 fully saturated rings. The van der Waals surface area contributed by atoms with E-state index in [9.17, 15) is 4.79 Å². The maximum Gasteiger partial charge on any atom is 0.220 e. The molecule has 3 aromatic rings. The first-order chi connectivity index (χ1) is 13.6. The molecule has 3 N–H and O–H groups in total. The Morgan fingerprint density at radius 2 is 2.00 bits per heavy atom. The van der Waals surface area contributed by atoms with E-state index < -0.39 is 0 Å². The van der Waals surface area contributed by atoms with E-state index in [1.165, 1.54) is 12.8 Å². The molecule has 7 heteroatoms. The lowest BCUT2D eigenvalue weighted by Gasteiger charge is -2.31. The summed E-state index contributed by atoms with van der Waals surface area (Å²) in [7, 11) is 0. The van der Waals surface area contributed by atoms with Crippen LogP contribution in [0.3, 0.4) is 0 Å². The maximum atomic E-state index is 12.6. The molecule has 2 unspecified atom stereocenters. The van der Waals surface area contributed by atoms with Crippen LogP contribution in [0.5, 0.6) is 0 Å². The van der Waals surface area contributed by atoms with Crippen molar-refractivity contribution in [2.24, 2.45) is 11.7 Å². The van der Waals surface area contributed by atoms with Crippen molar-refractivity contribution in [2.45, 2.75) is 58.4 Å². The second-order valence-corrected chi connectivity index (χ2v) is 7.97. The van der Waals surface area contributed by atoms with E-state index in [-0.39, 0.29) is 24.4 Å². The number of nitrogens with one attached hydrogen (secondary N) is 1. The normalized spacial score (nSPS) is 19.3. The van der Waals surface area contributed by atoms with Gasteiger partial charge >= 0.3 is 0 Å². The predicted octanol–water partition coefficient (Wildman–Crippen LogP) is 3.49. The van der Waals surface area contributed by atoms with Crippen LogP contribution in [0, 0.1) is 19.8 Å². The topological polar surface area (TPSA) is 85.3 Å². The molecule has 1 amide bonds. The number of carbonyl (C=O) groups excluding carboxylic acids is 1. The van der Waals surface area contributed by atoms with Crippen molar-refractivity contribution in [2.75, 3.05) is 6.54 Å². The van der Waals surface area contributed by atoms with Crippen LogP contribution in [0.4, 0.5) is 0 Å². The first-order valence-electron chi connectivity index (χ1n) is 10.3. The minimum Gasteiger partial charge on any atom is -0.353 e. The number of aryl methyl sites for hydroxylation is 2. The first kappa shape index (κ1) is 21.5. The van der Waals surface area contributed by atoms with Gasteiger partial charge in [0.1, 0.15) is 0 Å². The number of aromatic nitrogens is 3. The van der Waals surface area contributed by atoms with E-state index in [0.717, 1.165) is 46.3 Å². The second kappa shape index (κ2) is 9.09. The summed E-state index contributed by atoms with van der Waals surface area (Å²) in [5, 5.41) is 8.98. The van der Waals surface area contributed by atoms with Crippen molar-refractivity contribution in [3.63, 3.8) is 0 Å². The van der Waals surface area contributed by atoms with Crippen molar-refractivity contribution in [1.29, 1.82) is 0 Å². The van der Waals surface area contributed by atoms with Gasteiger partial charge < -0.3 is 11.1 Å². The van der Waals surface area contributed by atoms with Gasteiger partial charge in [-0.1, -0.05) is 25.0 Å². The smallest absolute Gasteiger partial charge is 0.220 e. The highest BCUT2D eigenvalue weighted by Gasteiger charge is 2.25. The van der Waals surface area contributed by atoms with Crippen molar-refractivity contribution in [3.05, 3.63) is 41.2 Å². The van der Waals surface area contributed by atoms with E-state index in [0.29, 0.717) is 25.3 Å². The quantitative estimate of drug-likeness (QED) is 0.667. The van der Waals surface area contributed by atoms with Crippen LogP contribution in [-0.4, -0.2) is 33.1 Å². The molecule has 0 radical (unpaired) electrons. The van der Waals surface area contributed by atoms with E-state index in [4.69, 9.17) is 15.8 Å². The Labute approximate surface area is 177 Å². The molecular weight excluding hydrogens is 386 g/mol. The zero-order valence-corrected chi connectivity index (χ0v) is 18.0. The Morgan fingerprint density at radius 1 is 1.24 bits per heavy atom. The molecule has 0 saturated heterocycles. The number of benzene rings is 1. The number of nitrogens with zero attached hydrogens (tertiary/aromatic N) is 3. The van der Waals surface area contributed by atoms with Crippen LogP contribution in [0.25, 0.3) is 16.6 Å². The fourth-order valence-electron chi connectivity index (χ4n) is 4.54. The van der Waals surface area contributed by atoms with Gasteiger partial charge in [0.25, 0.3) is 0 Å². The number of amides is 1. The summed E-state index contributed by atoms with van der Waals surface area (Å²) < 4.78 is 1.91. The molecule has 1 aliphatic rings. The summed E-state index contributed by atoms with van der Waals surface area (Å²) in [5.41, 5.74) is 10.9. The molecule has 2 atom stereocenters. The van der Waals surface area contributed by atoms with Gasteiger partial charge in [0, 0.05) is 29.2 Å². The molecule has 1 saturated carbocycles. The van der Waals surface area contributed by atoms with Crippen molar-refractivity contribution >= 4 is 34.9 Å². The average Bonchev–Trinajstić information content (AvgIpc) is 3.07. The van der Waals surface area contributed by atoms with Gasteiger partial charge in [0.15, 0.2) is 5.65 Å². The summed E-state index contributed by atoms with van der Waals surface area (Å²) >= 11 is 0. The molecule has 0 spiro atoms. The standard InChI is InChI=1S/C22H29N5O.ClH/c1-14-17(11-12-21(28)25-19-9-5-3-7-16(19)13-23)15(2)27-22(24-14)18-8-4-6-10-20(18)26-27;/h4,6,8,10,16,19H,3,5,7,9,11-13,23H2,1-2H3,(H,25,28);1H. The Morgan fingerprint density at radius 3 is 2.79 bits per heavy atom. The van der Waals surface area contributed by atoms with Crippen molar-refractivity contribution < 1.29 is 4.79 Å². The van der Waals surface area contributed by atoms with Gasteiger partial charge in [0.05, 0.1) is 5.52 Å². The van der Waals surface area contributed by atoms with E-state index in [1.807, 2.05) is 29.6 Å². The van der Waals surface area contributed by atoms with Gasteiger partial charge in [-0.15, -0.1) is 12.4 Å². The van der Waals surface area contributed by atoms with Crippen LogP contribution in [-0.2, 0) is 11.2 Å². The van der Waals surface area contributed by atoms with Crippen molar-refractivity contribution in [3.8, 4) is 0 Å². The van der Waals surface area contributed by atoms with E-state index >= 15 is 0 Å². The number of halogens is 1. The van der Waals surface area contributed by atoms with Crippen LogP contribution in [0.15, 0.2) is 24.3 Å². The Balaban J connectivity index is 0.00000240. The molecule has 4 rings (SSSR count). The zero-order chi connectivity index (χ0) is 19.7. The highest BCUT2D eigenvalue weighted by Crippen LogP contribution is 2.25. The largest absolute Gasteiger partial charge is 0.353 e. The van der Waals surface area contributed by atoms with Gasteiger partial charge in [-0.05, 0) is 63.3 Å². The van der Waals surface area contributed by atoms with Crippen LogP contribution in [0.2, 0.25) is 0 Å². The Hall–Kier alpha value is -2.18. The Kier molecular flexibility index (Phi) is 6.75. The number of hydrogen-bond donors (Lipinski definition) is 2. The molecule has 0 bridgehead atoms. The van der Waals surface area contributed by atoms with Gasteiger partial charge in [0.2, 0.25) is 5.91 Å². The maximum absolute atomic E-state index is 12.6. The zero-order valence-electron chi connectivity index (χ0n) is 17.1. The number of rotatable bonds is 5. The number of carbonyl (C=O) groups is 1. The molecule has 156 valence electrons. The predicted molar refractivity (Wildman–Crippen MR) is 118 cm³/mol. The molecule has 1 aliphatic carbocycles. The molecule has 0 aliphatic heterocycles. The average molecular weight is 416 g/mol.